The molecule has 0 spiro atoms. The maximum absolute atomic E-state index is 12.3. The van der Waals surface area contributed by atoms with Crippen LogP contribution >= 0.6 is 0 Å². The van der Waals surface area contributed by atoms with E-state index in [9.17, 15) is 4.79 Å². The number of carbonyl (C=O) groups is 1. The summed E-state index contributed by atoms with van der Waals surface area (Å²) in [6.07, 6.45) is 3.84. The number of carbonyl (C=O) groups excluding carboxylic acids is 1. The minimum absolute atomic E-state index is 0.0679. The summed E-state index contributed by atoms with van der Waals surface area (Å²) >= 11 is 0. The van der Waals surface area contributed by atoms with Crippen LogP contribution in [-0.2, 0) is 24.2 Å². The molecule has 1 aliphatic heterocycles. The summed E-state index contributed by atoms with van der Waals surface area (Å²) in [6.45, 7) is 2.22. The SMILES string of the molecule is CC(=O)N1Cc2cc(-c3ccccc3)ncc2CCc2ccccc21. The van der Waals surface area contributed by atoms with Gasteiger partial charge in [-0.05, 0) is 41.7 Å². The third-order valence-corrected chi connectivity index (χ3v) is 4.81. The van der Waals surface area contributed by atoms with Crippen molar-refractivity contribution in [2.24, 2.45) is 0 Å². The van der Waals surface area contributed by atoms with E-state index >= 15 is 0 Å². The Labute approximate surface area is 148 Å². The van der Waals surface area contributed by atoms with Gasteiger partial charge in [-0.3, -0.25) is 9.78 Å². The van der Waals surface area contributed by atoms with Gasteiger partial charge < -0.3 is 4.90 Å². The van der Waals surface area contributed by atoms with E-state index < -0.39 is 0 Å². The largest absolute Gasteiger partial charge is 0.308 e. The number of hydrogen-bond donors (Lipinski definition) is 0. The molecule has 0 N–H and O–H groups in total. The lowest BCUT2D eigenvalue weighted by atomic mass is 9.95. The smallest absolute Gasteiger partial charge is 0.224 e. The van der Waals surface area contributed by atoms with Crippen LogP contribution in [0.2, 0.25) is 0 Å². The third kappa shape index (κ3) is 3.05. The number of fused-ring (bicyclic) bond motifs is 2. The highest BCUT2D eigenvalue weighted by atomic mass is 16.2. The van der Waals surface area contributed by atoms with Crippen molar-refractivity contribution in [3.8, 4) is 11.3 Å². The van der Waals surface area contributed by atoms with Gasteiger partial charge in [0.05, 0.1) is 12.2 Å². The van der Waals surface area contributed by atoms with E-state index in [1.807, 2.05) is 47.5 Å². The maximum Gasteiger partial charge on any atom is 0.224 e. The second-order valence-corrected chi connectivity index (χ2v) is 6.44. The van der Waals surface area contributed by atoms with E-state index in [4.69, 9.17) is 0 Å². The number of anilines is 1. The Morgan fingerprint density at radius 1 is 0.920 bits per heavy atom. The number of amides is 1. The molecule has 25 heavy (non-hydrogen) atoms. The molecular weight excluding hydrogens is 308 g/mol. The quantitative estimate of drug-likeness (QED) is 0.663. The van der Waals surface area contributed by atoms with Crippen LogP contribution in [0.5, 0.6) is 0 Å². The Balaban J connectivity index is 1.78. The lowest BCUT2D eigenvalue weighted by Crippen LogP contribution is -2.30. The zero-order chi connectivity index (χ0) is 17.2. The summed E-state index contributed by atoms with van der Waals surface area (Å²) in [5.74, 6) is 0.0679. The van der Waals surface area contributed by atoms with Crippen molar-refractivity contribution in [3.05, 3.63) is 83.6 Å². The minimum atomic E-state index is 0.0679. The molecule has 0 saturated heterocycles. The van der Waals surface area contributed by atoms with E-state index in [1.54, 1.807) is 6.92 Å². The molecule has 0 aliphatic carbocycles. The Kier molecular flexibility index (Phi) is 4.06. The average molecular weight is 328 g/mol. The molecule has 0 saturated carbocycles. The van der Waals surface area contributed by atoms with Crippen LogP contribution in [0.3, 0.4) is 0 Å². The molecule has 0 atom stereocenters. The van der Waals surface area contributed by atoms with Gasteiger partial charge in [-0.25, -0.2) is 0 Å². The summed E-state index contributed by atoms with van der Waals surface area (Å²) in [6, 6.07) is 20.5. The van der Waals surface area contributed by atoms with Crippen molar-refractivity contribution in [3.63, 3.8) is 0 Å². The Bertz CT molecular complexity index is 918. The lowest BCUT2D eigenvalue weighted by Gasteiger charge is -2.28. The van der Waals surface area contributed by atoms with Gasteiger partial charge in [0.1, 0.15) is 0 Å². The average Bonchev–Trinajstić information content (AvgIpc) is 2.64. The van der Waals surface area contributed by atoms with Gasteiger partial charge in [0, 0.05) is 24.4 Å². The highest BCUT2D eigenvalue weighted by molar-refractivity contribution is 5.92. The first-order chi connectivity index (χ1) is 12.2. The van der Waals surface area contributed by atoms with Gasteiger partial charge in [-0.15, -0.1) is 0 Å². The van der Waals surface area contributed by atoms with Gasteiger partial charge in [-0.2, -0.15) is 0 Å². The highest BCUT2D eigenvalue weighted by Gasteiger charge is 2.20. The first-order valence-electron chi connectivity index (χ1n) is 8.61. The zero-order valence-corrected chi connectivity index (χ0v) is 14.3. The predicted octanol–water partition coefficient (Wildman–Crippen LogP) is 4.40. The number of para-hydroxylation sites is 1. The van der Waals surface area contributed by atoms with Crippen LogP contribution in [0, 0.1) is 0 Å². The van der Waals surface area contributed by atoms with Crippen LogP contribution in [0.1, 0.15) is 23.6 Å². The topological polar surface area (TPSA) is 33.2 Å². The number of hydrogen-bond acceptors (Lipinski definition) is 2. The molecule has 124 valence electrons. The number of rotatable bonds is 1. The molecular formula is C22H20N2O. The van der Waals surface area contributed by atoms with Crippen LogP contribution in [-0.4, -0.2) is 10.9 Å². The molecule has 0 unspecified atom stereocenters. The molecule has 0 fully saturated rings. The summed E-state index contributed by atoms with van der Waals surface area (Å²) in [5.41, 5.74) is 6.70. The summed E-state index contributed by atoms with van der Waals surface area (Å²) in [4.78, 5) is 18.8. The summed E-state index contributed by atoms with van der Waals surface area (Å²) in [5, 5.41) is 0. The molecule has 4 rings (SSSR count). The number of benzene rings is 2. The number of aryl methyl sites for hydroxylation is 2. The fraction of sp³-hybridized carbons (Fsp3) is 0.182. The normalized spacial score (nSPS) is 13.4. The van der Waals surface area contributed by atoms with Crippen LogP contribution in [0.15, 0.2) is 66.9 Å². The molecule has 3 heteroatoms. The van der Waals surface area contributed by atoms with Crippen LogP contribution in [0.25, 0.3) is 11.3 Å². The van der Waals surface area contributed by atoms with E-state index in [0.29, 0.717) is 6.54 Å². The van der Waals surface area contributed by atoms with Crippen molar-refractivity contribution >= 4 is 11.6 Å². The van der Waals surface area contributed by atoms with E-state index in [1.165, 1.54) is 16.7 Å². The van der Waals surface area contributed by atoms with Crippen molar-refractivity contribution in [1.82, 2.24) is 4.98 Å². The fourth-order valence-electron chi connectivity index (χ4n) is 3.46. The van der Waals surface area contributed by atoms with Gasteiger partial charge in [0.25, 0.3) is 0 Å². The van der Waals surface area contributed by atoms with Crippen LogP contribution < -0.4 is 4.90 Å². The van der Waals surface area contributed by atoms with E-state index in [-0.39, 0.29) is 5.91 Å². The second-order valence-electron chi connectivity index (χ2n) is 6.44. The van der Waals surface area contributed by atoms with Crippen molar-refractivity contribution in [2.75, 3.05) is 4.90 Å². The standard InChI is InChI=1S/C22H20N2O/c1-16(25)24-15-20-13-21(17-7-3-2-4-8-17)23-14-19(20)12-11-18-9-5-6-10-22(18)24/h2-10,13-14H,11-12,15H2,1H3. The lowest BCUT2D eigenvalue weighted by molar-refractivity contribution is -0.116. The Hall–Kier alpha value is -2.94. The second kappa shape index (κ2) is 6.52. The number of pyridine rings is 1. The summed E-state index contributed by atoms with van der Waals surface area (Å²) in [7, 11) is 0. The molecule has 0 radical (unpaired) electrons. The monoisotopic (exact) mass is 328 g/mol. The van der Waals surface area contributed by atoms with Crippen molar-refractivity contribution in [2.45, 2.75) is 26.3 Å². The van der Waals surface area contributed by atoms with Gasteiger partial charge in [0.2, 0.25) is 5.91 Å². The predicted molar refractivity (Wildman–Crippen MR) is 100 cm³/mol. The molecule has 1 aliphatic rings. The first kappa shape index (κ1) is 15.6. The van der Waals surface area contributed by atoms with Gasteiger partial charge in [-0.1, -0.05) is 48.5 Å². The van der Waals surface area contributed by atoms with Gasteiger partial charge >= 0.3 is 0 Å². The number of nitrogens with zero attached hydrogens (tertiary/aromatic N) is 2. The zero-order valence-electron chi connectivity index (χ0n) is 14.3. The van der Waals surface area contributed by atoms with Crippen molar-refractivity contribution in [1.29, 1.82) is 0 Å². The molecule has 1 amide bonds. The summed E-state index contributed by atoms with van der Waals surface area (Å²) < 4.78 is 0. The number of aromatic nitrogens is 1. The molecule has 3 nitrogen and oxygen atoms in total. The first-order valence-corrected chi connectivity index (χ1v) is 8.61. The Morgan fingerprint density at radius 2 is 1.64 bits per heavy atom. The van der Waals surface area contributed by atoms with Crippen molar-refractivity contribution < 1.29 is 4.79 Å². The van der Waals surface area contributed by atoms with E-state index in [2.05, 4.69) is 29.2 Å². The minimum Gasteiger partial charge on any atom is -0.308 e. The van der Waals surface area contributed by atoms with Crippen LogP contribution in [0.4, 0.5) is 5.69 Å². The van der Waals surface area contributed by atoms with Gasteiger partial charge in [0.15, 0.2) is 0 Å². The maximum atomic E-state index is 12.3. The fourth-order valence-corrected chi connectivity index (χ4v) is 3.46. The highest BCUT2D eigenvalue weighted by Crippen LogP contribution is 2.29. The third-order valence-electron chi connectivity index (χ3n) is 4.81. The Morgan fingerprint density at radius 3 is 2.44 bits per heavy atom. The molecule has 1 aromatic heterocycles. The molecule has 2 heterocycles. The van der Waals surface area contributed by atoms with E-state index in [0.717, 1.165) is 29.8 Å². The molecule has 0 bridgehead atoms. The molecule has 2 aromatic carbocycles. The molecule has 3 aromatic rings.